The largest absolute Gasteiger partial charge is 0.508 e. The number of hydrogen-bond donors (Lipinski definition) is 6. The molecule has 24 heteroatoms. The maximum atomic E-state index is 14.6. The molecule has 0 saturated heterocycles. The number of carbonyl (C=O) groups is 4. The highest BCUT2D eigenvalue weighted by Crippen LogP contribution is 2.38. The Morgan fingerprint density at radius 3 is 1.54 bits per heavy atom. The van der Waals surface area contributed by atoms with Crippen LogP contribution in [0, 0.1) is 25.5 Å². The Morgan fingerprint density at radius 1 is 0.647 bits per heavy atom. The summed E-state index contributed by atoms with van der Waals surface area (Å²) in [4.78, 5) is 85.8. The second-order valence-electron chi connectivity index (χ2n) is 21.1. The molecule has 0 unspecified atom stereocenters. The van der Waals surface area contributed by atoms with E-state index in [1.807, 2.05) is 46.8 Å². The van der Waals surface area contributed by atoms with Crippen LogP contribution in [0.1, 0.15) is 149 Å². The van der Waals surface area contributed by atoms with E-state index in [-0.39, 0.29) is 76.8 Å². The number of aliphatic hydroxyl groups excluding tert-OH is 2. The maximum Gasteiger partial charge on any atom is 0.420 e. The number of aryl methyl sites for hydroxylation is 1. The zero-order valence-corrected chi connectivity index (χ0v) is 46.7. The van der Waals surface area contributed by atoms with Gasteiger partial charge >= 0.3 is 11.5 Å². The second kappa shape index (κ2) is 22.3. The summed E-state index contributed by atoms with van der Waals surface area (Å²) in [6.07, 6.45) is 4.52. The Hall–Kier alpha value is -10.5. The van der Waals surface area contributed by atoms with Crippen LogP contribution >= 0.6 is 0 Å². The number of halogens is 2. The topological polar surface area (TPSA) is 288 Å². The fourth-order valence-corrected chi connectivity index (χ4v) is 11.3. The summed E-state index contributed by atoms with van der Waals surface area (Å²) in [6.45, 7) is 17.2. The van der Waals surface area contributed by atoms with Gasteiger partial charge in [0.1, 0.15) is 34.3 Å². The number of carbonyl (C=O) groups excluding carboxylic acids is 4. The highest BCUT2D eigenvalue weighted by molar-refractivity contribution is 5.99. The molecule has 0 bridgehead atoms. The molecule has 0 spiro atoms. The molecule has 2 aliphatic rings. The van der Waals surface area contributed by atoms with Gasteiger partial charge in [-0.2, -0.15) is 10.2 Å². The summed E-state index contributed by atoms with van der Waals surface area (Å²) in [6, 6.07) is 19.3. The van der Waals surface area contributed by atoms with E-state index in [2.05, 4.69) is 54.6 Å². The first-order chi connectivity index (χ1) is 40.7. The normalized spacial score (nSPS) is 14.4. The number of oxazole rings is 2. The molecule has 4 amide bonds. The average molecular weight is 1160 g/mol. The predicted octanol–water partition coefficient (Wildman–Crippen LogP) is 8.52. The number of nitrogens with one attached hydrogen (secondary N) is 4. The number of hydrogen-bond acceptors (Lipinski definition) is 14. The molecule has 10 aromatic rings. The summed E-state index contributed by atoms with van der Waals surface area (Å²) in [5.41, 5.74) is 9.59. The first-order valence-corrected chi connectivity index (χ1v) is 27.2. The van der Waals surface area contributed by atoms with Crippen molar-refractivity contribution >= 4 is 68.6 Å². The molecule has 0 aliphatic heterocycles. The number of rotatable bonds is 14. The molecule has 22 nitrogen and oxygen atoms in total. The minimum Gasteiger partial charge on any atom is -0.508 e. The Bertz CT molecular complexity index is 4580. The van der Waals surface area contributed by atoms with Gasteiger partial charge in [-0.05, 0) is 129 Å². The van der Waals surface area contributed by atoms with Crippen LogP contribution in [0.15, 0.2) is 117 Å². The third-order valence-corrected chi connectivity index (χ3v) is 15.6. The quantitative estimate of drug-likeness (QED) is 0.0557. The maximum absolute atomic E-state index is 14.6. The van der Waals surface area contributed by atoms with Crippen LogP contribution in [-0.4, -0.2) is 72.2 Å². The molecular formula is C61H56F2N12O10. The number of aliphatic hydroxyl groups is 2. The van der Waals surface area contributed by atoms with E-state index in [1.54, 1.807) is 48.5 Å². The average Bonchev–Trinajstić information content (AvgIpc) is 3.31. The molecule has 0 fully saturated rings. The van der Waals surface area contributed by atoms with E-state index < -0.39 is 46.8 Å². The number of amides is 4. The molecule has 85 heavy (non-hydrogen) atoms. The fourth-order valence-electron chi connectivity index (χ4n) is 11.3. The van der Waals surface area contributed by atoms with Gasteiger partial charge in [0.05, 0.1) is 35.5 Å². The lowest BCUT2D eigenvalue weighted by Crippen LogP contribution is -2.30. The third kappa shape index (κ3) is 10.5. The van der Waals surface area contributed by atoms with Crippen molar-refractivity contribution in [3.05, 3.63) is 209 Å². The highest BCUT2D eigenvalue weighted by atomic mass is 19.1. The summed E-state index contributed by atoms with van der Waals surface area (Å²) in [5.74, 6) is -4.85. The van der Waals surface area contributed by atoms with Gasteiger partial charge in [-0.1, -0.05) is 49.6 Å². The van der Waals surface area contributed by atoms with E-state index >= 15 is 0 Å². The zero-order chi connectivity index (χ0) is 60.3. The second-order valence-corrected chi connectivity index (χ2v) is 21.1. The van der Waals surface area contributed by atoms with Gasteiger partial charge in [0.15, 0.2) is 34.1 Å². The minimum absolute atomic E-state index is 0.0169. The van der Waals surface area contributed by atoms with Crippen LogP contribution in [0.4, 0.5) is 8.78 Å². The van der Waals surface area contributed by atoms with E-state index in [0.717, 1.165) is 54.8 Å². The standard InChI is InChI=1S/C31H29FN6O5.C30H27FN6O5/c1-15(2)37-25-11-18(5-10-27(25)43-31(37)42)13-33-29(40)24-12-26(38-28(35-24)22(32)14-34-38)30(41)36-23-9-8-20-16(3)19(17(4)39)6-7-21(20)23;1-4-36-24-11-17(5-10-26(24)42-30(36)41)13-32-28(39)23-12-25(37-27(34-23)21(31)14-33-37)29(40)35-22-9-8-19-15(2)18(16(3)38)6-7-20(19)22/h5-7,10-12,14-15,23,39H,4,8-9,13H2,1-3H3,(H,33,40)(H,36,41);5-7,10-12,14,22,38H,3-4,8-9,13H2,1-2H3,(H,32,39)(H,35,40)/t23-;22-/m00/s1. The summed E-state index contributed by atoms with van der Waals surface area (Å²) in [5, 5.41) is 39.1. The molecule has 4 aromatic carbocycles. The van der Waals surface area contributed by atoms with Crippen molar-refractivity contribution in [2.24, 2.45) is 0 Å². The number of aromatic nitrogens is 8. The lowest BCUT2D eigenvalue weighted by molar-refractivity contribution is 0.0916. The van der Waals surface area contributed by atoms with E-state index in [1.165, 1.54) is 21.3 Å². The number of fused-ring (bicyclic) bond motifs is 6. The monoisotopic (exact) mass is 1150 g/mol. The van der Waals surface area contributed by atoms with E-state index in [0.29, 0.717) is 76.7 Å². The highest BCUT2D eigenvalue weighted by Gasteiger charge is 2.31. The van der Waals surface area contributed by atoms with Gasteiger partial charge < -0.3 is 40.3 Å². The SMILES string of the molecule is C=C(O)c1ccc2c(c1C)CC[C@@H]2NC(=O)c1cc(C(=O)NCc2ccc3oc(=O)n(C(C)C)c3c2)nc2c(F)cnn12.C=C(O)c1ccc2c(c1C)CC[C@@H]2NC(=O)c1cc(C(=O)NCc2ccc3oc(=O)n(CC)c3c2)nc2c(F)cnn12. The van der Waals surface area contributed by atoms with Crippen molar-refractivity contribution in [1.29, 1.82) is 0 Å². The van der Waals surface area contributed by atoms with E-state index in [9.17, 15) is 47.8 Å². The van der Waals surface area contributed by atoms with Crippen molar-refractivity contribution in [2.75, 3.05) is 0 Å². The van der Waals surface area contributed by atoms with Crippen molar-refractivity contribution in [1.82, 2.24) is 59.6 Å². The molecule has 0 radical (unpaired) electrons. The summed E-state index contributed by atoms with van der Waals surface area (Å²) >= 11 is 0. The molecule has 12 rings (SSSR count). The third-order valence-electron chi connectivity index (χ3n) is 15.6. The van der Waals surface area contributed by atoms with Crippen molar-refractivity contribution < 1.29 is 47.0 Å². The smallest absolute Gasteiger partial charge is 0.420 e. The molecular weight excluding hydrogens is 1100 g/mol. The van der Waals surface area contributed by atoms with Gasteiger partial charge in [-0.15, -0.1) is 0 Å². The molecule has 6 N–H and O–H groups in total. The lowest BCUT2D eigenvalue weighted by atomic mass is 9.97. The van der Waals surface area contributed by atoms with Crippen molar-refractivity contribution in [2.45, 2.75) is 98.1 Å². The summed E-state index contributed by atoms with van der Waals surface area (Å²) < 4.78 is 44.9. The Balaban J connectivity index is 0.000000177. The van der Waals surface area contributed by atoms with Crippen LogP contribution < -0.4 is 32.8 Å². The lowest BCUT2D eigenvalue weighted by Gasteiger charge is -2.16. The molecule has 6 heterocycles. The molecule has 6 aromatic heterocycles. The molecule has 0 saturated carbocycles. The number of nitrogens with zero attached hydrogens (tertiary/aromatic N) is 8. The minimum atomic E-state index is -0.778. The van der Waals surface area contributed by atoms with Gasteiger partial charge in [0, 0.05) is 48.9 Å². The van der Waals surface area contributed by atoms with Crippen LogP contribution in [0.5, 0.6) is 0 Å². The van der Waals surface area contributed by atoms with Crippen LogP contribution in [0.3, 0.4) is 0 Å². The first-order valence-electron chi connectivity index (χ1n) is 27.2. The molecule has 2 atom stereocenters. The molecule has 434 valence electrons. The van der Waals surface area contributed by atoms with Gasteiger partial charge in [0.25, 0.3) is 23.6 Å². The summed E-state index contributed by atoms with van der Waals surface area (Å²) in [7, 11) is 0. The van der Waals surface area contributed by atoms with Gasteiger partial charge in [-0.25, -0.2) is 37.4 Å². The van der Waals surface area contributed by atoms with Gasteiger partial charge in [0.2, 0.25) is 0 Å². The van der Waals surface area contributed by atoms with Crippen LogP contribution in [0.2, 0.25) is 0 Å². The number of benzene rings is 4. The Kier molecular flexibility index (Phi) is 14.8. The fraction of sp³-hybridized carbons (Fsp3) is 0.246. The van der Waals surface area contributed by atoms with Crippen LogP contribution in [-0.2, 0) is 32.5 Å². The van der Waals surface area contributed by atoms with E-state index in [4.69, 9.17) is 8.83 Å². The first kappa shape index (κ1) is 56.3. The van der Waals surface area contributed by atoms with Crippen molar-refractivity contribution in [3.8, 4) is 0 Å². The Labute approximate surface area is 481 Å². The van der Waals surface area contributed by atoms with Crippen molar-refractivity contribution in [3.63, 3.8) is 0 Å². The predicted molar refractivity (Wildman–Crippen MR) is 308 cm³/mol. The van der Waals surface area contributed by atoms with Gasteiger partial charge in [-0.3, -0.25) is 28.3 Å². The molecule has 2 aliphatic carbocycles. The Morgan fingerprint density at radius 2 is 1.09 bits per heavy atom. The van der Waals surface area contributed by atoms with Crippen LogP contribution in [0.25, 0.3) is 45.0 Å². The zero-order valence-electron chi connectivity index (χ0n) is 46.7.